The maximum absolute atomic E-state index is 13.1. The molecule has 1 heterocycles. The van der Waals surface area contributed by atoms with E-state index in [0.29, 0.717) is 44.2 Å². The van der Waals surface area contributed by atoms with Gasteiger partial charge in [0, 0.05) is 32.7 Å². The molecule has 3 aromatic rings. The Bertz CT molecular complexity index is 1190. The lowest BCUT2D eigenvalue weighted by Crippen LogP contribution is -2.52. The summed E-state index contributed by atoms with van der Waals surface area (Å²) in [5.74, 6) is 0.806. The molecule has 8 heteroatoms. The first kappa shape index (κ1) is 23.2. The second kappa shape index (κ2) is 10.3. The van der Waals surface area contributed by atoms with Crippen molar-refractivity contribution in [2.75, 3.05) is 52.9 Å². The number of para-hydroxylation sites is 1. The van der Waals surface area contributed by atoms with Crippen LogP contribution in [-0.4, -0.2) is 81.4 Å². The van der Waals surface area contributed by atoms with Gasteiger partial charge in [-0.1, -0.05) is 48.5 Å². The summed E-state index contributed by atoms with van der Waals surface area (Å²) in [7, 11) is -1.71. The van der Waals surface area contributed by atoms with Crippen molar-refractivity contribution in [2.24, 2.45) is 0 Å². The Kier molecular flexibility index (Phi) is 7.27. The first-order chi connectivity index (χ1) is 15.9. The molecule has 174 valence electrons. The van der Waals surface area contributed by atoms with Crippen LogP contribution in [0.25, 0.3) is 10.8 Å². The fourth-order valence-electron chi connectivity index (χ4n) is 3.90. The molecule has 0 unspecified atom stereocenters. The highest BCUT2D eigenvalue weighted by atomic mass is 32.2. The number of hydrogen-bond acceptors (Lipinski definition) is 5. The molecule has 1 aliphatic rings. The molecule has 7 nitrogen and oxygen atoms in total. The van der Waals surface area contributed by atoms with Gasteiger partial charge in [0.05, 0.1) is 11.4 Å². The molecule has 0 aromatic heterocycles. The average molecular weight is 468 g/mol. The Labute approximate surface area is 195 Å². The molecule has 1 saturated heterocycles. The van der Waals surface area contributed by atoms with Crippen LogP contribution >= 0.6 is 0 Å². The monoisotopic (exact) mass is 467 g/mol. The van der Waals surface area contributed by atoms with E-state index < -0.39 is 10.0 Å². The van der Waals surface area contributed by atoms with Gasteiger partial charge in [-0.2, -0.15) is 4.31 Å². The molecular weight excluding hydrogens is 438 g/mol. The lowest BCUT2D eigenvalue weighted by molar-refractivity contribution is -0.133. The molecule has 0 atom stereocenters. The van der Waals surface area contributed by atoms with Crippen LogP contribution in [0, 0.1) is 0 Å². The summed E-state index contributed by atoms with van der Waals surface area (Å²) in [5.41, 5.74) is 0. The van der Waals surface area contributed by atoms with Crippen molar-refractivity contribution in [1.82, 2.24) is 14.1 Å². The van der Waals surface area contributed by atoms with Crippen LogP contribution < -0.4 is 4.74 Å². The van der Waals surface area contributed by atoms with Crippen LogP contribution in [0.2, 0.25) is 0 Å². The third-order valence-electron chi connectivity index (χ3n) is 5.84. The van der Waals surface area contributed by atoms with E-state index in [4.69, 9.17) is 4.74 Å². The summed E-state index contributed by atoms with van der Waals surface area (Å²) in [6.45, 7) is 2.75. The maximum atomic E-state index is 13.1. The first-order valence-corrected chi connectivity index (χ1v) is 12.5. The summed E-state index contributed by atoms with van der Waals surface area (Å²) in [6, 6.07) is 22.5. The number of carbonyl (C=O) groups is 1. The normalized spacial score (nSPS) is 15.2. The van der Waals surface area contributed by atoms with Gasteiger partial charge in [0.2, 0.25) is 15.9 Å². The standard InChI is InChI=1S/C25H29N3O4S/c1-26(17-18-32-23-9-3-2-4-10-23)20-25(29)27-13-15-28(16-14-27)33(30,31)24-12-11-21-7-5-6-8-22(21)19-24/h2-12,19H,13-18,20H2,1H3. The van der Waals surface area contributed by atoms with Gasteiger partial charge < -0.3 is 9.64 Å². The molecule has 33 heavy (non-hydrogen) atoms. The van der Waals surface area contributed by atoms with Crippen LogP contribution in [0.4, 0.5) is 0 Å². The minimum Gasteiger partial charge on any atom is -0.492 e. The molecule has 0 radical (unpaired) electrons. The van der Waals surface area contributed by atoms with E-state index >= 15 is 0 Å². The summed E-state index contributed by atoms with van der Waals surface area (Å²) in [4.78, 5) is 16.6. The molecular formula is C25H29N3O4S. The smallest absolute Gasteiger partial charge is 0.243 e. The van der Waals surface area contributed by atoms with Crippen LogP contribution in [0.5, 0.6) is 5.75 Å². The third kappa shape index (κ3) is 5.71. The Morgan fingerprint density at radius 3 is 2.30 bits per heavy atom. The van der Waals surface area contributed by atoms with Crippen LogP contribution in [-0.2, 0) is 14.8 Å². The molecule has 0 bridgehead atoms. The quantitative estimate of drug-likeness (QED) is 0.510. The van der Waals surface area contributed by atoms with Crippen molar-refractivity contribution in [3.05, 3.63) is 72.8 Å². The zero-order valence-electron chi connectivity index (χ0n) is 18.8. The molecule has 4 rings (SSSR count). The highest BCUT2D eigenvalue weighted by Crippen LogP contribution is 2.23. The Morgan fingerprint density at radius 1 is 0.909 bits per heavy atom. The minimum absolute atomic E-state index is 0.0000331. The molecule has 1 fully saturated rings. The van der Waals surface area contributed by atoms with Gasteiger partial charge in [-0.3, -0.25) is 9.69 Å². The molecule has 0 N–H and O–H groups in total. The van der Waals surface area contributed by atoms with Crippen molar-refractivity contribution in [3.8, 4) is 5.75 Å². The van der Waals surface area contributed by atoms with E-state index in [1.807, 2.05) is 72.6 Å². The van der Waals surface area contributed by atoms with E-state index in [-0.39, 0.29) is 12.5 Å². The predicted octanol–water partition coefficient (Wildman–Crippen LogP) is 2.68. The fraction of sp³-hybridized carbons (Fsp3) is 0.320. The lowest BCUT2D eigenvalue weighted by atomic mass is 10.1. The number of amides is 1. The Hall–Kier alpha value is -2.94. The van der Waals surface area contributed by atoms with Gasteiger partial charge in [0.15, 0.2) is 0 Å². The predicted molar refractivity (Wildman–Crippen MR) is 129 cm³/mol. The molecule has 0 saturated carbocycles. The minimum atomic E-state index is -3.60. The first-order valence-electron chi connectivity index (χ1n) is 11.1. The number of fused-ring (bicyclic) bond motifs is 1. The van der Waals surface area contributed by atoms with Gasteiger partial charge in [-0.15, -0.1) is 0 Å². The van der Waals surface area contributed by atoms with Crippen molar-refractivity contribution in [2.45, 2.75) is 4.90 Å². The number of sulfonamides is 1. The van der Waals surface area contributed by atoms with Crippen LogP contribution in [0.1, 0.15) is 0 Å². The van der Waals surface area contributed by atoms with E-state index in [0.717, 1.165) is 16.5 Å². The van der Waals surface area contributed by atoms with Gasteiger partial charge in [0.1, 0.15) is 12.4 Å². The largest absolute Gasteiger partial charge is 0.492 e. The SMILES string of the molecule is CN(CCOc1ccccc1)CC(=O)N1CCN(S(=O)(=O)c2ccc3ccccc3c2)CC1. The van der Waals surface area contributed by atoms with E-state index in [1.54, 1.807) is 17.0 Å². The number of hydrogen-bond donors (Lipinski definition) is 0. The Morgan fingerprint density at radius 2 is 1.58 bits per heavy atom. The highest BCUT2D eigenvalue weighted by Gasteiger charge is 2.30. The van der Waals surface area contributed by atoms with Crippen molar-refractivity contribution >= 4 is 26.7 Å². The molecule has 0 aliphatic carbocycles. The number of carbonyl (C=O) groups excluding carboxylic acids is 1. The lowest BCUT2D eigenvalue weighted by Gasteiger charge is -2.34. The molecule has 0 spiro atoms. The highest BCUT2D eigenvalue weighted by molar-refractivity contribution is 7.89. The van der Waals surface area contributed by atoms with E-state index in [2.05, 4.69) is 0 Å². The zero-order chi connectivity index (χ0) is 23.3. The summed E-state index contributed by atoms with van der Waals surface area (Å²) in [6.07, 6.45) is 0. The number of ether oxygens (including phenoxy) is 1. The van der Waals surface area contributed by atoms with Gasteiger partial charge in [-0.05, 0) is 42.1 Å². The van der Waals surface area contributed by atoms with Crippen molar-refractivity contribution in [1.29, 1.82) is 0 Å². The number of rotatable bonds is 8. The zero-order valence-corrected chi connectivity index (χ0v) is 19.6. The fourth-order valence-corrected chi connectivity index (χ4v) is 5.36. The third-order valence-corrected chi connectivity index (χ3v) is 7.73. The van der Waals surface area contributed by atoms with Crippen LogP contribution in [0.15, 0.2) is 77.7 Å². The summed E-state index contributed by atoms with van der Waals surface area (Å²) in [5, 5.41) is 1.90. The second-order valence-corrected chi connectivity index (χ2v) is 10.1. The molecule has 3 aromatic carbocycles. The Balaban J connectivity index is 1.27. The molecule has 1 aliphatic heterocycles. The van der Waals surface area contributed by atoms with E-state index in [1.165, 1.54) is 4.31 Å². The van der Waals surface area contributed by atoms with Crippen LogP contribution in [0.3, 0.4) is 0 Å². The summed E-state index contributed by atoms with van der Waals surface area (Å²) < 4.78 is 33.4. The van der Waals surface area contributed by atoms with Gasteiger partial charge in [-0.25, -0.2) is 8.42 Å². The van der Waals surface area contributed by atoms with E-state index in [9.17, 15) is 13.2 Å². The van der Waals surface area contributed by atoms with Crippen molar-refractivity contribution in [3.63, 3.8) is 0 Å². The number of nitrogens with zero attached hydrogens (tertiary/aromatic N) is 3. The average Bonchev–Trinajstić information content (AvgIpc) is 2.84. The maximum Gasteiger partial charge on any atom is 0.243 e. The second-order valence-electron chi connectivity index (χ2n) is 8.19. The number of piperazine rings is 1. The van der Waals surface area contributed by atoms with Gasteiger partial charge in [0.25, 0.3) is 0 Å². The number of benzene rings is 3. The molecule has 1 amide bonds. The van der Waals surface area contributed by atoms with Gasteiger partial charge >= 0.3 is 0 Å². The van der Waals surface area contributed by atoms with Crippen molar-refractivity contribution < 1.29 is 17.9 Å². The number of likely N-dealkylation sites (N-methyl/N-ethyl adjacent to an activating group) is 1. The summed E-state index contributed by atoms with van der Waals surface area (Å²) >= 11 is 0. The topological polar surface area (TPSA) is 70.2 Å².